The standard InChI is InChI=1S/C12H17NO3/c1-12(2)15-8-11(16-12)10(14)7-9-5-3-4-6-13-9/h3-6,10-11,14H,7-8H2,1-2H3/t10-,11-/m1/s1. The molecular formula is C12H17NO3. The molecule has 2 rings (SSSR count). The molecule has 16 heavy (non-hydrogen) atoms. The minimum Gasteiger partial charge on any atom is -0.390 e. The van der Waals surface area contributed by atoms with Crippen LogP contribution in [0.2, 0.25) is 0 Å². The summed E-state index contributed by atoms with van der Waals surface area (Å²) in [4.78, 5) is 4.17. The molecule has 1 aliphatic rings. The summed E-state index contributed by atoms with van der Waals surface area (Å²) in [6, 6.07) is 5.66. The number of rotatable bonds is 3. The molecule has 0 saturated carbocycles. The molecule has 0 spiro atoms. The van der Waals surface area contributed by atoms with Gasteiger partial charge in [0.25, 0.3) is 0 Å². The third kappa shape index (κ3) is 2.78. The maximum Gasteiger partial charge on any atom is 0.163 e. The minimum atomic E-state index is -0.588. The fourth-order valence-electron chi connectivity index (χ4n) is 1.77. The molecule has 0 aromatic carbocycles. The van der Waals surface area contributed by atoms with Crippen molar-refractivity contribution in [3.8, 4) is 0 Å². The Morgan fingerprint density at radius 3 is 2.94 bits per heavy atom. The summed E-state index contributed by atoms with van der Waals surface area (Å²) in [7, 11) is 0. The molecule has 1 saturated heterocycles. The lowest BCUT2D eigenvalue weighted by atomic mass is 10.1. The quantitative estimate of drug-likeness (QED) is 0.834. The molecule has 0 bridgehead atoms. The van der Waals surface area contributed by atoms with E-state index in [0.29, 0.717) is 13.0 Å². The van der Waals surface area contributed by atoms with Crippen molar-refractivity contribution in [2.45, 2.75) is 38.3 Å². The zero-order chi connectivity index (χ0) is 11.6. The first-order valence-electron chi connectivity index (χ1n) is 5.46. The summed E-state index contributed by atoms with van der Waals surface area (Å²) >= 11 is 0. The molecule has 1 aliphatic heterocycles. The van der Waals surface area contributed by atoms with Gasteiger partial charge in [0, 0.05) is 18.3 Å². The van der Waals surface area contributed by atoms with Gasteiger partial charge in [-0.3, -0.25) is 4.98 Å². The molecule has 0 unspecified atom stereocenters. The maximum atomic E-state index is 9.99. The van der Waals surface area contributed by atoms with Gasteiger partial charge >= 0.3 is 0 Å². The van der Waals surface area contributed by atoms with Gasteiger partial charge in [0.2, 0.25) is 0 Å². The Hall–Kier alpha value is -0.970. The zero-order valence-corrected chi connectivity index (χ0v) is 9.59. The molecule has 1 N–H and O–H groups in total. The first kappa shape index (κ1) is 11.5. The van der Waals surface area contributed by atoms with Gasteiger partial charge < -0.3 is 14.6 Å². The van der Waals surface area contributed by atoms with Crippen molar-refractivity contribution in [1.29, 1.82) is 0 Å². The number of hydrogen-bond acceptors (Lipinski definition) is 4. The Labute approximate surface area is 95.2 Å². The Kier molecular flexibility index (Phi) is 3.23. The number of hydrogen-bond donors (Lipinski definition) is 1. The van der Waals surface area contributed by atoms with E-state index in [9.17, 15) is 5.11 Å². The van der Waals surface area contributed by atoms with Crippen LogP contribution < -0.4 is 0 Å². The number of ether oxygens (including phenoxy) is 2. The molecule has 2 atom stereocenters. The Balaban J connectivity index is 1.92. The predicted octanol–water partition coefficient (Wildman–Crippen LogP) is 1.14. The van der Waals surface area contributed by atoms with E-state index < -0.39 is 11.9 Å². The normalized spacial score (nSPS) is 25.6. The van der Waals surface area contributed by atoms with E-state index in [1.54, 1.807) is 6.20 Å². The van der Waals surface area contributed by atoms with Gasteiger partial charge in [-0.25, -0.2) is 0 Å². The molecule has 0 radical (unpaired) electrons. The van der Waals surface area contributed by atoms with Crippen molar-refractivity contribution in [1.82, 2.24) is 4.98 Å². The molecule has 1 fully saturated rings. The van der Waals surface area contributed by atoms with Crippen LogP contribution in [0, 0.1) is 0 Å². The van der Waals surface area contributed by atoms with Crippen molar-refractivity contribution >= 4 is 0 Å². The third-order valence-electron chi connectivity index (χ3n) is 2.60. The van der Waals surface area contributed by atoms with Crippen molar-refractivity contribution in [3.05, 3.63) is 30.1 Å². The molecular weight excluding hydrogens is 206 g/mol. The largest absolute Gasteiger partial charge is 0.390 e. The molecule has 1 aromatic rings. The second-order valence-corrected chi connectivity index (χ2v) is 4.46. The fourth-order valence-corrected chi connectivity index (χ4v) is 1.77. The summed E-state index contributed by atoms with van der Waals surface area (Å²) in [5.41, 5.74) is 0.864. The van der Waals surface area contributed by atoms with E-state index in [1.165, 1.54) is 0 Å². The molecule has 1 aromatic heterocycles. The average Bonchev–Trinajstić information content (AvgIpc) is 2.60. The van der Waals surface area contributed by atoms with Crippen LogP contribution in [0.15, 0.2) is 24.4 Å². The van der Waals surface area contributed by atoms with Crippen molar-refractivity contribution < 1.29 is 14.6 Å². The van der Waals surface area contributed by atoms with Crippen molar-refractivity contribution in [2.75, 3.05) is 6.61 Å². The van der Waals surface area contributed by atoms with Crippen LogP contribution in [0.3, 0.4) is 0 Å². The summed E-state index contributed by atoms with van der Waals surface area (Å²) in [5, 5.41) is 9.99. The highest BCUT2D eigenvalue weighted by molar-refractivity contribution is 5.05. The van der Waals surface area contributed by atoms with E-state index >= 15 is 0 Å². The summed E-state index contributed by atoms with van der Waals surface area (Å²) in [6.45, 7) is 4.13. The first-order chi connectivity index (χ1) is 7.57. The summed E-state index contributed by atoms with van der Waals surface area (Å²) < 4.78 is 11.0. The second kappa shape index (κ2) is 4.49. The van der Waals surface area contributed by atoms with E-state index in [4.69, 9.17) is 9.47 Å². The van der Waals surface area contributed by atoms with E-state index in [0.717, 1.165) is 5.69 Å². The van der Waals surface area contributed by atoms with Gasteiger partial charge in [-0.05, 0) is 26.0 Å². The molecule has 88 valence electrons. The maximum absolute atomic E-state index is 9.99. The summed E-state index contributed by atoms with van der Waals surface area (Å²) in [6.07, 6.45) is 1.37. The highest BCUT2D eigenvalue weighted by Crippen LogP contribution is 2.25. The lowest BCUT2D eigenvalue weighted by Crippen LogP contribution is -2.32. The van der Waals surface area contributed by atoms with Gasteiger partial charge in [0.1, 0.15) is 6.10 Å². The lowest BCUT2D eigenvalue weighted by Gasteiger charge is -2.20. The van der Waals surface area contributed by atoms with Crippen LogP contribution in [0.25, 0.3) is 0 Å². The zero-order valence-electron chi connectivity index (χ0n) is 9.59. The van der Waals surface area contributed by atoms with Gasteiger partial charge in [0.05, 0.1) is 12.7 Å². The number of aliphatic hydroxyl groups excluding tert-OH is 1. The number of nitrogens with zero attached hydrogens (tertiary/aromatic N) is 1. The smallest absolute Gasteiger partial charge is 0.163 e. The van der Waals surface area contributed by atoms with Crippen LogP contribution in [-0.4, -0.2) is 34.7 Å². The third-order valence-corrected chi connectivity index (χ3v) is 2.60. The van der Waals surface area contributed by atoms with E-state index in [2.05, 4.69) is 4.98 Å². The van der Waals surface area contributed by atoms with E-state index in [1.807, 2.05) is 32.0 Å². The summed E-state index contributed by atoms with van der Waals surface area (Å²) in [5.74, 6) is -0.588. The van der Waals surface area contributed by atoms with Crippen LogP contribution in [-0.2, 0) is 15.9 Å². The Morgan fingerprint density at radius 2 is 2.38 bits per heavy atom. The Bertz CT molecular complexity index is 339. The number of aromatic nitrogens is 1. The number of pyridine rings is 1. The monoisotopic (exact) mass is 223 g/mol. The fraction of sp³-hybridized carbons (Fsp3) is 0.583. The number of aliphatic hydroxyl groups is 1. The van der Waals surface area contributed by atoms with Gasteiger partial charge in [-0.15, -0.1) is 0 Å². The topological polar surface area (TPSA) is 51.6 Å². The Morgan fingerprint density at radius 1 is 1.56 bits per heavy atom. The molecule has 0 amide bonds. The van der Waals surface area contributed by atoms with Crippen molar-refractivity contribution in [2.24, 2.45) is 0 Å². The van der Waals surface area contributed by atoms with E-state index in [-0.39, 0.29) is 6.10 Å². The molecule has 4 heteroatoms. The highest BCUT2D eigenvalue weighted by atomic mass is 16.7. The van der Waals surface area contributed by atoms with Crippen LogP contribution >= 0.6 is 0 Å². The van der Waals surface area contributed by atoms with Crippen molar-refractivity contribution in [3.63, 3.8) is 0 Å². The van der Waals surface area contributed by atoms with Gasteiger partial charge in [-0.2, -0.15) is 0 Å². The van der Waals surface area contributed by atoms with Crippen LogP contribution in [0.5, 0.6) is 0 Å². The van der Waals surface area contributed by atoms with Crippen LogP contribution in [0.1, 0.15) is 19.5 Å². The van der Waals surface area contributed by atoms with Gasteiger partial charge in [-0.1, -0.05) is 6.07 Å². The highest BCUT2D eigenvalue weighted by Gasteiger charge is 2.36. The first-order valence-corrected chi connectivity index (χ1v) is 5.46. The molecule has 0 aliphatic carbocycles. The lowest BCUT2D eigenvalue weighted by molar-refractivity contribution is -0.150. The molecule has 2 heterocycles. The average molecular weight is 223 g/mol. The van der Waals surface area contributed by atoms with Gasteiger partial charge in [0.15, 0.2) is 5.79 Å². The SMILES string of the molecule is CC1(C)OC[C@H]([C@H](O)Cc2ccccn2)O1. The minimum absolute atomic E-state index is 0.267. The predicted molar refractivity (Wildman–Crippen MR) is 58.9 cm³/mol. The van der Waals surface area contributed by atoms with Crippen LogP contribution in [0.4, 0.5) is 0 Å². The molecule has 4 nitrogen and oxygen atoms in total. The second-order valence-electron chi connectivity index (χ2n) is 4.46.